The van der Waals surface area contributed by atoms with Crippen LogP contribution in [0.4, 0.5) is 10.8 Å². The molecule has 0 radical (unpaired) electrons. The van der Waals surface area contributed by atoms with Gasteiger partial charge in [-0.25, -0.2) is 9.98 Å². The Balaban J connectivity index is 1.48. The third kappa shape index (κ3) is 4.50. The lowest BCUT2D eigenvalue weighted by Gasteiger charge is -2.05. The largest absolute Gasteiger partial charge is 0.507 e. The molecular formula is C22H15N3O4S. The molecule has 0 aliphatic carbocycles. The summed E-state index contributed by atoms with van der Waals surface area (Å²) in [5.41, 5.74) is 1.79. The van der Waals surface area contributed by atoms with Crippen molar-refractivity contribution in [3.05, 3.63) is 93.9 Å². The Morgan fingerprint density at radius 1 is 1.03 bits per heavy atom. The van der Waals surface area contributed by atoms with Crippen molar-refractivity contribution in [3.8, 4) is 28.5 Å². The van der Waals surface area contributed by atoms with Gasteiger partial charge in [0.15, 0.2) is 0 Å². The van der Waals surface area contributed by atoms with Gasteiger partial charge in [-0.3, -0.25) is 10.1 Å². The summed E-state index contributed by atoms with van der Waals surface area (Å²) in [5.74, 6) is 1.40. The molecule has 0 atom stereocenters. The summed E-state index contributed by atoms with van der Waals surface area (Å²) >= 11 is 1.33. The van der Waals surface area contributed by atoms with Crippen molar-refractivity contribution < 1.29 is 14.8 Å². The van der Waals surface area contributed by atoms with Crippen LogP contribution in [0.2, 0.25) is 0 Å². The van der Waals surface area contributed by atoms with E-state index in [1.165, 1.54) is 35.8 Å². The average Bonchev–Trinajstić information content (AvgIpc) is 3.23. The Morgan fingerprint density at radius 3 is 2.50 bits per heavy atom. The molecule has 0 unspecified atom stereocenters. The molecule has 4 rings (SSSR count). The van der Waals surface area contributed by atoms with Crippen LogP contribution in [0.25, 0.3) is 11.3 Å². The standard InChI is InChI=1S/C22H15N3O4S/c26-21-11-8-17(25(27)28)12-16(21)13-23-22-24-20(14-30-22)15-6-9-19(10-7-15)29-18-4-2-1-3-5-18/h1-14,26H/b23-13+. The second-order valence-corrected chi connectivity index (χ2v) is 7.05. The van der Waals surface area contributed by atoms with Gasteiger partial charge >= 0.3 is 0 Å². The van der Waals surface area contributed by atoms with E-state index in [0.717, 1.165) is 22.8 Å². The van der Waals surface area contributed by atoms with Crippen molar-refractivity contribution in [2.24, 2.45) is 4.99 Å². The van der Waals surface area contributed by atoms with Crippen LogP contribution >= 0.6 is 11.3 Å². The molecule has 7 nitrogen and oxygen atoms in total. The fourth-order valence-corrected chi connectivity index (χ4v) is 3.33. The zero-order chi connectivity index (χ0) is 20.9. The van der Waals surface area contributed by atoms with Crippen LogP contribution in [0.15, 0.2) is 83.2 Å². The quantitative estimate of drug-likeness (QED) is 0.237. The highest BCUT2D eigenvalue weighted by Gasteiger charge is 2.09. The summed E-state index contributed by atoms with van der Waals surface area (Å²) < 4.78 is 5.79. The number of benzene rings is 3. The zero-order valence-electron chi connectivity index (χ0n) is 15.5. The molecule has 4 aromatic rings. The average molecular weight is 417 g/mol. The van der Waals surface area contributed by atoms with Gasteiger partial charge in [-0.15, -0.1) is 11.3 Å². The van der Waals surface area contributed by atoms with E-state index in [2.05, 4.69) is 9.98 Å². The highest BCUT2D eigenvalue weighted by molar-refractivity contribution is 7.13. The number of para-hydroxylation sites is 1. The second-order valence-electron chi connectivity index (χ2n) is 6.21. The van der Waals surface area contributed by atoms with Gasteiger partial charge in [-0.05, 0) is 42.5 Å². The maximum Gasteiger partial charge on any atom is 0.270 e. The Hall–Kier alpha value is -4.04. The summed E-state index contributed by atoms with van der Waals surface area (Å²) in [5, 5.41) is 23.1. The number of hydrogen-bond donors (Lipinski definition) is 1. The lowest BCUT2D eigenvalue weighted by Crippen LogP contribution is -1.90. The van der Waals surface area contributed by atoms with Crippen LogP contribution in [-0.4, -0.2) is 21.2 Å². The topological polar surface area (TPSA) is 97.9 Å². The monoisotopic (exact) mass is 417 g/mol. The van der Waals surface area contributed by atoms with Gasteiger partial charge in [0.25, 0.3) is 5.69 Å². The van der Waals surface area contributed by atoms with E-state index in [1.54, 1.807) is 0 Å². The molecule has 3 aromatic carbocycles. The van der Waals surface area contributed by atoms with Gasteiger partial charge in [-0.1, -0.05) is 18.2 Å². The molecule has 0 spiro atoms. The number of nitrogens with zero attached hydrogens (tertiary/aromatic N) is 3. The minimum absolute atomic E-state index is 0.0878. The molecule has 1 aromatic heterocycles. The molecule has 0 saturated carbocycles. The van der Waals surface area contributed by atoms with Crippen molar-refractivity contribution in [2.75, 3.05) is 0 Å². The van der Waals surface area contributed by atoms with Gasteiger partial charge < -0.3 is 9.84 Å². The summed E-state index contributed by atoms with van der Waals surface area (Å²) in [6.45, 7) is 0. The molecule has 0 aliphatic rings. The third-order valence-electron chi connectivity index (χ3n) is 4.16. The number of phenols is 1. The van der Waals surface area contributed by atoms with Crippen molar-refractivity contribution in [2.45, 2.75) is 0 Å². The number of rotatable bonds is 6. The van der Waals surface area contributed by atoms with Crippen molar-refractivity contribution >= 4 is 28.4 Å². The molecule has 0 saturated heterocycles. The first-order chi connectivity index (χ1) is 14.6. The lowest BCUT2D eigenvalue weighted by molar-refractivity contribution is -0.384. The maximum atomic E-state index is 10.9. The number of aromatic hydroxyl groups is 1. The lowest BCUT2D eigenvalue weighted by atomic mass is 10.2. The van der Waals surface area contributed by atoms with Crippen LogP contribution in [0.5, 0.6) is 17.2 Å². The molecule has 1 heterocycles. The number of aliphatic imine (C=N–C) groups is 1. The van der Waals surface area contributed by atoms with E-state index >= 15 is 0 Å². The van der Waals surface area contributed by atoms with Crippen LogP contribution in [-0.2, 0) is 0 Å². The van der Waals surface area contributed by atoms with Crippen LogP contribution < -0.4 is 4.74 Å². The van der Waals surface area contributed by atoms with Gasteiger partial charge in [-0.2, -0.15) is 0 Å². The first kappa shape index (κ1) is 19.3. The van der Waals surface area contributed by atoms with Gasteiger partial charge in [0.1, 0.15) is 17.2 Å². The molecule has 8 heteroatoms. The van der Waals surface area contributed by atoms with E-state index in [4.69, 9.17) is 4.74 Å². The summed E-state index contributed by atoms with van der Waals surface area (Å²) in [4.78, 5) is 19.1. The molecule has 0 fully saturated rings. The molecule has 148 valence electrons. The van der Waals surface area contributed by atoms with Crippen molar-refractivity contribution in [1.82, 2.24) is 4.98 Å². The number of nitro groups is 1. The number of nitro benzene ring substituents is 1. The normalized spacial score (nSPS) is 10.9. The predicted molar refractivity (Wildman–Crippen MR) is 116 cm³/mol. The fourth-order valence-electron chi connectivity index (χ4n) is 2.66. The Kier molecular flexibility index (Phi) is 5.49. The van der Waals surface area contributed by atoms with E-state index in [1.807, 2.05) is 60.0 Å². The summed E-state index contributed by atoms with van der Waals surface area (Å²) in [7, 11) is 0. The Bertz CT molecular complexity index is 1200. The first-order valence-corrected chi connectivity index (χ1v) is 9.77. The number of aromatic nitrogens is 1. The summed E-state index contributed by atoms with van der Waals surface area (Å²) in [6.07, 6.45) is 1.36. The summed E-state index contributed by atoms with van der Waals surface area (Å²) in [6, 6.07) is 20.8. The Morgan fingerprint density at radius 2 is 1.77 bits per heavy atom. The first-order valence-electron chi connectivity index (χ1n) is 8.89. The number of non-ortho nitro benzene ring substituents is 1. The van der Waals surface area contributed by atoms with Crippen LogP contribution in [0.3, 0.4) is 0 Å². The highest BCUT2D eigenvalue weighted by Crippen LogP contribution is 2.30. The number of thiazole rings is 1. The number of phenolic OH excluding ortho intramolecular Hbond substituents is 1. The van der Waals surface area contributed by atoms with E-state index in [-0.39, 0.29) is 17.0 Å². The molecule has 0 amide bonds. The van der Waals surface area contributed by atoms with Gasteiger partial charge in [0.2, 0.25) is 5.13 Å². The SMILES string of the molecule is O=[N+]([O-])c1ccc(O)c(/C=N/c2nc(-c3ccc(Oc4ccccc4)cc3)cs2)c1. The highest BCUT2D eigenvalue weighted by atomic mass is 32.1. The zero-order valence-corrected chi connectivity index (χ0v) is 16.3. The number of hydrogen-bond acceptors (Lipinski definition) is 7. The van der Waals surface area contributed by atoms with E-state index in [9.17, 15) is 15.2 Å². The number of ether oxygens (including phenoxy) is 1. The van der Waals surface area contributed by atoms with Gasteiger partial charge in [0, 0.05) is 34.9 Å². The smallest absolute Gasteiger partial charge is 0.270 e. The molecule has 0 aliphatic heterocycles. The van der Waals surface area contributed by atoms with E-state index < -0.39 is 4.92 Å². The predicted octanol–water partition coefficient (Wildman–Crippen LogP) is 5.97. The maximum absolute atomic E-state index is 10.9. The second kappa shape index (κ2) is 8.54. The van der Waals surface area contributed by atoms with Crippen LogP contribution in [0.1, 0.15) is 5.56 Å². The Labute approximate surface area is 175 Å². The van der Waals surface area contributed by atoms with Crippen molar-refractivity contribution in [3.63, 3.8) is 0 Å². The van der Waals surface area contributed by atoms with Crippen molar-refractivity contribution in [1.29, 1.82) is 0 Å². The molecular weight excluding hydrogens is 402 g/mol. The fraction of sp³-hybridized carbons (Fsp3) is 0. The van der Waals surface area contributed by atoms with E-state index in [0.29, 0.717) is 5.13 Å². The molecule has 0 bridgehead atoms. The molecule has 1 N–H and O–H groups in total. The van der Waals surface area contributed by atoms with Gasteiger partial charge in [0.05, 0.1) is 10.6 Å². The minimum Gasteiger partial charge on any atom is -0.507 e. The minimum atomic E-state index is -0.524. The third-order valence-corrected chi connectivity index (χ3v) is 4.91. The molecule has 30 heavy (non-hydrogen) atoms. The van der Waals surface area contributed by atoms with Crippen LogP contribution in [0, 0.1) is 10.1 Å².